The van der Waals surface area contributed by atoms with Crippen molar-refractivity contribution in [2.24, 2.45) is 15.7 Å². The van der Waals surface area contributed by atoms with Gasteiger partial charge in [-0.2, -0.15) is 0 Å². The van der Waals surface area contributed by atoms with Crippen LogP contribution in [-0.4, -0.2) is 11.7 Å². The van der Waals surface area contributed by atoms with Crippen molar-refractivity contribution >= 4 is 28.1 Å². The highest BCUT2D eigenvalue weighted by atomic mass is 15.0. The van der Waals surface area contributed by atoms with Gasteiger partial charge in [0.2, 0.25) is 0 Å². The number of aliphatic imine (C=N–C) groups is 2. The number of aryl methyl sites for hydroxylation is 1. The summed E-state index contributed by atoms with van der Waals surface area (Å²) in [4.78, 5) is 9.19. The number of nitrogens with zero attached hydrogens (tertiary/aromatic N) is 2. The highest BCUT2D eigenvalue weighted by molar-refractivity contribution is 6.26. The standard InChI is InChI=1S/C19H15N3/c1-12-8-10-14(11-9-12)21-19-16-7-3-5-13-4-2-6-15(17(13)16)18(20)22-19/h2-11H,1H3,(H2,20,21,22). The highest BCUT2D eigenvalue weighted by Crippen LogP contribution is 2.28. The Morgan fingerprint density at radius 2 is 1.55 bits per heavy atom. The first-order valence-electron chi connectivity index (χ1n) is 7.24. The van der Waals surface area contributed by atoms with Crippen LogP contribution in [0.15, 0.2) is 70.6 Å². The molecule has 3 aromatic rings. The quantitative estimate of drug-likeness (QED) is 0.723. The smallest absolute Gasteiger partial charge is 0.162 e. The van der Waals surface area contributed by atoms with Crippen LogP contribution in [0.1, 0.15) is 16.7 Å². The van der Waals surface area contributed by atoms with Crippen molar-refractivity contribution in [1.82, 2.24) is 0 Å². The van der Waals surface area contributed by atoms with Crippen molar-refractivity contribution in [3.8, 4) is 0 Å². The van der Waals surface area contributed by atoms with Gasteiger partial charge in [-0.3, -0.25) is 0 Å². The fourth-order valence-corrected chi connectivity index (χ4v) is 2.80. The van der Waals surface area contributed by atoms with Crippen LogP contribution < -0.4 is 5.73 Å². The first-order valence-corrected chi connectivity index (χ1v) is 7.24. The average Bonchev–Trinajstić information content (AvgIpc) is 2.54. The van der Waals surface area contributed by atoms with Gasteiger partial charge in [0.05, 0.1) is 5.69 Å². The molecule has 0 aromatic heterocycles. The van der Waals surface area contributed by atoms with E-state index < -0.39 is 0 Å². The number of hydrogen-bond donors (Lipinski definition) is 1. The fourth-order valence-electron chi connectivity index (χ4n) is 2.80. The van der Waals surface area contributed by atoms with Crippen molar-refractivity contribution in [1.29, 1.82) is 0 Å². The summed E-state index contributed by atoms with van der Waals surface area (Å²) >= 11 is 0. The molecule has 3 nitrogen and oxygen atoms in total. The molecule has 4 rings (SSSR count). The van der Waals surface area contributed by atoms with Crippen LogP contribution in [0.25, 0.3) is 10.8 Å². The second-order valence-corrected chi connectivity index (χ2v) is 5.48. The Morgan fingerprint density at radius 1 is 0.864 bits per heavy atom. The molecule has 0 spiro atoms. The second-order valence-electron chi connectivity index (χ2n) is 5.48. The van der Waals surface area contributed by atoms with Crippen LogP contribution in [0.3, 0.4) is 0 Å². The van der Waals surface area contributed by atoms with E-state index >= 15 is 0 Å². The molecule has 3 heteroatoms. The van der Waals surface area contributed by atoms with E-state index in [1.165, 1.54) is 5.56 Å². The lowest BCUT2D eigenvalue weighted by molar-refractivity contribution is 1.40. The molecule has 0 atom stereocenters. The number of benzene rings is 3. The molecule has 0 saturated heterocycles. The summed E-state index contributed by atoms with van der Waals surface area (Å²) in [5.74, 6) is 1.20. The van der Waals surface area contributed by atoms with Gasteiger partial charge in [0, 0.05) is 16.5 Å². The molecular formula is C19H15N3. The molecule has 0 unspecified atom stereocenters. The molecular weight excluding hydrogens is 270 g/mol. The second kappa shape index (κ2) is 4.81. The van der Waals surface area contributed by atoms with Crippen LogP contribution in [0.4, 0.5) is 5.69 Å². The van der Waals surface area contributed by atoms with E-state index in [9.17, 15) is 0 Å². The summed E-state index contributed by atoms with van der Waals surface area (Å²) in [6, 6.07) is 20.4. The van der Waals surface area contributed by atoms with Crippen LogP contribution in [0.5, 0.6) is 0 Å². The zero-order valence-corrected chi connectivity index (χ0v) is 12.2. The molecule has 0 radical (unpaired) electrons. The molecule has 1 aliphatic rings. The summed E-state index contributed by atoms with van der Waals surface area (Å²) in [6.07, 6.45) is 0. The Balaban J connectivity index is 1.96. The summed E-state index contributed by atoms with van der Waals surface area (Å²) in [6.45, 7) is 2.06. The third-order valence-corrected chi connectivity index (χ3v) is 3.92. The Morgan fingerprint density at radius 3 is 2.27 bits per heavy atom. The molecule has 2 N–H and O–H groups in total. The summed E-state index contributed by atoms with van der Waals surface area (Å²) in [5, 5.41) is 2.29. The first kappa shape index (κ1) is 12.8. The van der Waals surface area contributed by atoms with Crippen molar-refractivity contribution in [3.63, 3.8) is 0 Å². The minimum atomic E-state index is 0.523. The Bertz CT molecular complexity index is 929. The van der Waals surface area contributed by atoms with Crippen LogP contribution >= 0.6 is 0 Å². The lowest BCUT2D eigenvalue weighted by Gasteiger charge is -2.16. The predicted octanol–water partition coefficient (Wildman–Crippen LogP) is 3.95. The minimum absolute atomic E-state index is 0.523. The molecule has 3 aromatic carbocycles. The summed E-state index contributed by atoms with van der Waals surface area (Å²) in [7, 11) is 0. The molecule has 0 amide bonds. The maximum absolute atomic E-state index is 6.14. The van der Waals surface area contributed by atoms with Gasteiger partial charge in [-0.15, -0.1) is 0 Å². The Kier molecular flexibility index (Phi) is 2.79. The van der Waals surface area contributed by atoms with Crippen molar-refractivity contribution < 1.29 is 0 Å². The van der Waals surface area contributed by atoms with Crippen molar-refractivity contribution in [2.75, 3.05) is 0 Å². The van der Waals surface area contributed by atoms with E-state index in [0.717, 1.165) is 27.6 Å². The fraction of sp³-hybridized carbons (Fsp3) is 0.0526. The lowest BCUT2D eigenvalue weighted by Crippen LogP contribution is -2.21. The maximum atomic E-state index is 6.14. The van der Waals surface area contributed by atoms with Gasteiger partial charge >= 0.3 is 0 Å². The highest BCUT2D eigenvalue weighted by Gasteiger charge is 2.18. The number of nitrogens with two attached hydrogens (primary N) is 1. The van der Waals surface area contributed by atoms with Gasteiger partial charge < -0.3 is 5.73 Å². The van der Waals surface area contributed by atoms with Gasteiger partial charge in [0.25, 0.3) is 0 Å². The largest absolute Gasteiger partial charge is 0.383 e. The molecule has 106 valence electrons. The van der Waals surface area contributed by atoms with Crippen LogP contribution in [0, 0.1) is 6.92 Å². The van der Waals surface area contributed by atoms with E-state index in [-0.39, 0.29) is 0 Å². The third-order valence-electron chi connectivity index (χ3n) is 3.92. The third kappa shape index (κ3) is 1.99. The molecule has 1 heterocycles. The molecule has 22 heavy (non-hydrogen) atoms. The minimum Gasteiger partial charge on any atom is -0.383 e. The van der Waals surface area contributed by atoms with Gasteiger partial charge in [-0.05, 0) is 24.4 Å². The van der Waals surface area contributed by atoms with Crippen LogP contribution in [0.2, 0.25) is 0 Å². The number of rotatable bonds is 1. The van der Waals surface area contributed by atoms with Gasteiger partial charge in [-0.1, -0.05) is 54.1 Å². The van der Waals surface area contributed by atoms with E-state index in [0.29, 0.717) is 11.7 Å². The average molecular weight is 285 g/mol. The predicted molar refractivity (Wildman–Crippen MR) is 92.0 cm³/mol. The number of amidine groups is 2. The van der Waals surface area contributed by atoms with Crippen molar-refractivity contribution in [3.05, 3.63) is 77.4 Å². The normalized spacial score (nSPS) is 15.1. The Hall–Kier alpha value is -2.94. The zero-order valence-electron chi connectivity index (χ0n) is 12.2. The lowest BCUT2D eigenvalue weighted by atomic mass is 9.96. The molecule has 1 aliphatic heterocycles. The van der Waals surface area contributed by atoms with Gasteiger partial charge in [0.1, 0.15) is 5.84 Å². The molecule has 0 saturated carbocycles. The molecule has 0 bridgehead atoms. The van der Waals surface area contributed by atoms with Crippen LogP contribution in [-0.2, 0) is 0 Å². The van der Waals surface area contributed by atoms with E-state index in [1.54, 1.807) is 0 Å². The number of hydrogen-bond acceptors (Lipinski definition) is 2. The van der Waals surface area contributed by atoms with E-state index in [1.807, 2.05) is 42.5 Å². The summed E-state index contributed by atoms with van der Waals surface area (Å²) in [5.41, 5.74) is 10.2. The van der Waals surface area contributed by atoms with Gasteiger partial charge in [0.15, 0.2) is 5.84 Å². The SMILES string of the molecule is Cc1ccc(N=C2N=C(N)c3cccc4cccc2c34)cc1. The maximum Gasteiger partial charge on any atom is 0.162 e. The van der Waals surface area contributed by atoms with E-state index in [4.69, 9.17) is 5.73 Å². The van der Waals surface area contributed by atoms with Gasteiger partial charge in [-0.25, -0.2) is 9.98 Å². The monoisotopic (exact) mass is 285 g/mol. The Labute approximate surface area is 128 Å². The van der Waals surface area contributed by atoms with E-state index in [2.05, 4.69) is 35.1 Å². The summed E-state index contributed by atoms with van der Waals surface area (Å²) < 4.78 is 0. The first-order chi connectivity index (χ1) is 10.7. The molecule has 0 aliphatic carbocycles. The topological polar surface area (TPSA) is 50.7 Å². The molecule has 0 fully saturated rings. The van der Waals surface area contributed by atoms with Crippen molar-refractivity contribution in [2.45, 2.75) is 6.92 Å². The zero-order chi connectivity index (χ0) is 15.1.